The van der Waals surface area contributed by atoms with Gasteiger partial charge < -0.3 is 0 Å². The van der Waals surface area contributed by atoms with E-state index in [1.54, 1.807) is 0 Å². The fourth-order valence-corrected chi connectivity index (χ4v) is 3.53. The first kappa shape index (κ1) is 18.0. The van der Waals surface area contributed by atoms with Crippen LogP contribution in [0, 0.1) is 17.3 Å². The quantitative estimate of drug-likeness (QED) is 0.588. The van der Waals surface area contributed by atoms with Gasteiger partial charge in [-0.25, -0.2) is 0 Å². The molecule has 0 aliphatic carbocycles. The van der Waals surface area contributed by atoms with Crippen molar-refractivity contribution in [2.24, 2.45) is 17.3 Å². The van der Waals surface area contributed by atoms with E-state index in [-0.39, 0.29) is 0 Å². The van der Waals surface area contributed by atoms with Crippen molar-refractivity contribution in [1.29, 1.82) is 0 Å². The minimum atomic E-state index is 0.522. The van der Waals surface area contributed by atoms with Gasteiger partial charge in [0.2, 0.25) is 0 Å². The normalized spacial score (nSPS) is 26.7. The lowest BCUT2D eigenvalue weighted by atomic mass is 9.68. The highest BCUT2D eigenvalue weighted by Gasteiger charge is 2.36. The van der Waals surface area contributed by atoms with Crippen molar-refractivity contribution in [3.05, 3.63) is 0 Å². The summed E-state index contributed by atoms with van der Waals surface area (Å²) in [6.45, 7) is 13.0. The van der Waals surface area contributed by atoms with Crippen molar-refractivity contribution in [2.75, 3.05) is 6.54 Å². The predicted octanol–water partition coefficient (Wildman–Crippen LogP) is 4.90. The van der Waals surface area contributed by atoms with Crippen molar-refractivity contribution in [3.63, 3.8) is 0 Å². The Morgan fingerprint density at radius 3 is 2.40 bits per heavy atom. The van der Waals surface area contributed by atoms with E-state index in [0.29, 0.717) is 11.5 Å². The minimum absolute atomic E-state index is 0.522. The van der Waals surface area contributed by atoms with Crippen LogP contribution in [0.15, 0.2) is 0 Å². The lowest BCUT2D eigenvalue weighted by Gasteiger charge is -2.43. The number of hydrogen-bond donors (Lipinski definition) is 2. The molecule has 0 amide bonds. The zero-order chi connectivity index (χ0) is 15.0. The zero-order valence-corrected chi connectivity index (χ0v) is 14.6. The van der Waals surface area contributed by atoms with E-state index >= 15 is 0 Å². The number of unbranched alkanes of at least 4 members (excludes halogenated alkanes) is 4. The topological polar surface area (TPSA) is 24.1 Å². The third kappa shape index (κ3) is 5.37. The molecule has 2 heteroatoms. The summed E-state index contributed by atoms with van der Waals surface area (Å²) in [4.78, 5) is 0. The Labute approximate surface area is 127 Å². The van der Waals surface area contributed by atoms with E-state index in [2.05, 4.69) is 45.5 Å². The smallest absolute Gasteiger partial charge is 0.0239 e. The van der Waals surface area contributed by atoms with Gasteiger partial charge in [0.05, 0.1) is 0 Å². The SMILES string of the molecule is CCCCCCCC(C)(CC)C1CNNC(C(C)C)C1. The van der Waals surface area contributed by atoms with Gasteiger partial charge in [-0.2, -0.15) is 0 Å². The van der Waals surface area contributed by atoms with Gasteiger partial charge >= 0.3 is 0 Å². The van der Waals surface area contributed by atoms with Crippen LogP contribution in [0.2, 0.25) is 0 Å². The van der Waals surface area contributed by atoms with Crippen molar-refractivity contribution in [3.8, 4) is 0 Å². The maximum atomic E-state index is 3.48. The molecular weight excluding hydrogens is 244 g/mol. The summed E-state index contributed by atoms with van der Waals surface area (Å²) >= 11 is 0. The summed E-state index contributed by atoms with van der Waals surface area (Å²) in [5.41, 5.74) is 7.47. The molecule has 0 spiro atoms. The van der Waals surface area contributed by atoms with Crippen LogP contribution in [0.1, 0.15) is 86.0 Å². The Bertz CT molecular complexity index is 252. The first-order chi connectivity index (χ1) is 9.53. The maximum Gasteiger partial charge on any atom is 0.0239 e. The van der Waals surface area contributed by atoms with Crippen LogP contribution < -0.4 is 10.9 Å². The standard InChI is InChI=1S/C18H38N2/c1-6-8-9-10-11-12-18(5,7-2)16-13-17(15(3)4)20-19-14-16/h15-17,19-20H,6-14H2,1-5H3. The Kier molecular flexibility index (Phi) is 8.13. The fraction of sp³-hybridized carbons (Fsp3) is 1.00. The highest BCUT2D eigenvalue weighted by molar-refractivity contribution is 4.89. The summed E-state index contributed by atoms with van der Waals surface area (Å²) in [5, 5.41) is 0. The highest BCUT2D eigenvalue weighted by atomic mass is 15.4. The minimum Gasteiger partial charge on any atom is -0.257 e. The molecule has 3 atom stereocenters. The van der Waals surface area contributed by atoms with Crippen LogP contribution in [-0.2, 0) is 0 Å². The lowest BCUT2D eigenvalue weighted by Crippen LogP contribution is -2.55. The molecule has 3 unspecified atom stereocenters. The summed E-state index contributed by atoms with van der Waals surface area (Å²) in [5.74, 6) is 1.54. The first-order valence-corrected chi connectivity index (χ1v) is 9.02. The molecule has 0 aromatic carbocycles. The van der Waals surface area contributed by atoms with Gasteiger partial charge in [0.25, 0.3) is 0 Å². The lowest BCUT2D eigenvalue weighted by molar-refractivity contribution is 0.0862. The van der Waals surface area contributed by atoms with Crippen LogP contribution in [0.4, 0.5) is 0 Å². The number of nitrogens with one attached hydrogen (secondary N) is 2. The Hall–Kier alpha value is -0.0800. The van der Waals surface area contributed by atoms with Gasteiger partial charge in [0.15, 0.2) is 0 Å². The van der Waals surface area contributed by atoms with Gasteiger partial charge in [-0.05, 0) is 30.1 Å². The Morgan fingerprint density at radius 1 is 1.10 bits per heavy atom. The van der Waals surface area contributed by atoms with Gasteiger partial charge in [-0.1, -0.05) is 73.1 Å². The molecule has 1 aliphatic rings. The van der Waals surface area contributed by atoms with Crippen molar-refractivity contribution >= 4 is 0 Å². The molecule has 120 valence electrons. The molecule has 1 fully saturated rings. The Morgan fingerprint density at radius 2 is 1.80 bits per heavy atom. The van der Waals surface area contributed by atoms with Gasteiger partial charge in [0.1, 0.15) is 0 Å². The predicted molar refractivity (Wildman–Crippen MR) is 89.6 cm³/mol. The third-order valence-electron chi connectivity index (χ3n) is 5.62. The van der Waals surface area contributed by atoms with Crippen molar-refractivity contribution in [2.45, 2.75) is 92.0 Å². The van der Waals surface area contributed by atoms with Gasteiger partial charge in [-0.3, -0.25) is 10.9 Å². The second kappa shape index (κ2) is 9.04. The largest absolute Gasteiger partial charge is 0.257 e. The van der Waals surface area contributed by atoms with Gasteiger partial charge in [0, 0.05) is 12.6 Å². The van der Waals surface area contributed by atoms with E-state index in [1.165, 1.54) is 51.4 Å². The number of rotatable bonds is 9. The fourth-order valence-electron chi connectivity index (χ4n) is 3.53. The van der Waals surface area contributed by atoms with E-state index in [0.717, 1.165) is 18.4 Å². The molecule has 2 N–H and O–H groups in total. The third-order valence-corrected chi connectivity index (χ3v) is 5.62. The molecular formula is C18H38N2. The molecule has 1 saturated heterocycles. The second-order valence-corrected chi connectivity index (χ2v) is 7.48. The molecule has 1 heterocycles. The van der Waals surface area contributed by atoms with Crippen LogP contribution in [0.25, 0.3) is 0 Å². The average Bonchev–Trinajstić information content (AvgIpc) is 2.47. The highest BCUT2D eigenvalue weighted by Crippen LogP contribution is 2.40. The summed E-state index contributed by atoms with van der Waals surface area (Å²) in [6, 6.07) is 0.639. The average molecular weight is 283 g/mol. The number of hydrazine groups is 1. The van der Waals surface area contributed by atoms with Crippen molar-refractivity contribution in [1.82, 2.24) is 10.9 Å². The maximum absolute atomic E-state index is 3.48. The summed E-state index contributed by atoms with van der Waals surface area (Å²) in [7, 11) is 0. The van der Waals surface area contributed by atoms with E-state index < -0.39 is 0 Å². The summed E-state index contributed by atoms with van der Waals surface area (Å²) < 4.78 is 0. The zero-order valence-electron chi connectivity index (χ0n) is 14.6. The molecule has 1 aliphatic heterocycles. The van der Waals surface area contributed by atoms with Crippen LogP contribution in [0.5, 0.6) is 0 Å². The molecule has 0 bridgehead atoms. The molecule has 0 aromatic heterocycles. The molecule has 2 nitrogen and oxygen atoms in total. The first-order valence-electron chi connectivity index (χ1n) is 9.02. The summed E-state index contributed by atoms with van der Waals surface area (Å²) in [6.07, 6.45) is 11.1. The molecule has 0 saturated carbocycles. The van der Waals surface area contributed by atoms with Crippen LogP contribution >= 0.6 is 0 Å². The monoisotopic (exact) mass is 282 g/mol. The molecule has 0 aromatic rings. The number of hydrogen-bond acceptors (Lipinski definition) is 2. The molecule has 20 heavy (non-hydrogen) atoms. The van der Waals surface area contributed by atoms with Crippen LogP contribution in [0.3, 0.4) is 0 Å². The molecule has 0 radical (unpaired) electrons. The van der Waals surface area contributed by atoms with Crippen LogP contribution in [-0.4, -0.2) is 12.6 Å². The Balaban J connectivity index is 2.45. The second-order valence-electron chi connectivity index (χ2n) is 7.48. The van der Waals surface area contributed by atoms with Gasteiger partial charge in [-0.15, -0.1) is 0 Å². The van der Waals surface area contributed by atoms with Crippen molar-refractivity contribution < 1.29 is 0 Å². The molecule has 1 rings (SSSR count). The van der Waals surface area contributed by atoms with E-state index in [9.17, 15) is 0 Å². The van der Waals surface area contributed by atoms with E-state index in [4.69, 9.17) is 0 Å². The van der Waals surface area contributed by atoms with E-state index in [1.807, 2.05) is 0 Å².